The van der Waals surface area contributed by atoms with E-state index in [-0.39, 0.29) is 36.4 Å². The highest BCUT2D eigenvalue weighted by atomic mass is 127. The fourth-order valence-electron chi connectivity index (χ4n) is 2.65. The van der Waals surface area contributed by atoms with Gasteiger partial charge in [-0.25, -0.2) is 4.99 Å². The number of amides is 1. The van der Waals surface area contributed by atoms with Crippen molar-refractivity contribution in [1.29, 1.82) is 0 Å². The maximum atomic E-state index is 11.8. The number of carbonyl (C=O) groups is 1. The lowest BCUT2D eigenvalue weighted by molar-refractivity contribution is -0.127. The molecule has 1 aliphatic rings. The molecule has 0 spiro atoms. The van der Waals surface area contributed by atoms with E-state index in [0.29, 0.717) is 19.1 Å². The summed E-state index contributed by atoms with van der Waals surface area (Å²) >= 11 is 0. The van der Waals surface area contributed by atoms with Crippen LogP contribution in [-0.2, 0) is 9.53 Å². The first-order chi connectivity index (χ1) is 13.6. The van der Waals surface area contributed by atoms with E-state index >= 15 is 0 Å². The molecule has 0 atom stereocenters. The number of benzene rings is 1. The van der Waals surface area contributed by atoms with Crippen LogP contribution in [0, 0.1) is 0 Å². The van der Waals surface area contributed by atoms with E-state index in [0.717, 1.165) is 51.6 Å². The zero-order valence-corrected chi connectivity index (χ0v) is 19.8. The molecule has 0 radical (unpaired) electrons. The second-order valence-electron chi connectivity index (χ2n) is 6.78. The number of likely N-dealkylation sites (N-methyl/N-ethyl adjacent to an activating group) is 1. The molecular weight excluding hydrogens is 485 g/mol. The fourth-order valence-corrected chi connectivity index (χ4v) is 2.65. The number of nitrogens with zero attached hydrogens (tertiary/aromatic N) is 3. The number of aliphatic imine (C=N–C) groups is 1. The lowest BCUT2D eigenvalue weighted by Crippen LogP contribution is -2.42. The molecule has 164 valence electrons. The van der Waals surface area contributed by atoms with Crippen LogP contribution in [0.5, 0.6) is 5.75 Å². The zero-order valence-electron chi connectivity index (χ0n) is 17.4. The van der Waals surface area contributed by atoms with E-state index in [1.54, 1.807) is 14.1 Å². The molecule has 1 aliphatic heterocycles. The monoisotopic (exact) mass is 519 g/mol. The third-order valence-corrected chi connectivity index (χ3v) is 4.32. The number of rotatable bonds is 10. The summed E-state index contributed by atoms with van der Waals surface area (Å²) in [4.78, 5) is 20.1. The van der Waals surface area contributed by atoms with E-state index in [2.05, 4.69) is 20.5 Å². The van der Waals surface area contributed by atoms with Gasteiger partial charge in [0.2, 0.25) is 5.91 Å². The first-order valence-electron chi connectivity index (χ1n) is 9.85. The molecule has 8 nitrogen and oxygen atoms in total. The lowest BCUT2D eigenvalue weighted by atomic mass is 10.3. The van der Waals surface area contributed by atoms with Crippen molar-refractivity contribution in [1.82, 2.24) is 20.4 Å². The Morgan fingerprint density at radius 3 is 2.55 bits per heavy atom. The van der Waals surface area contributed by atoms with Crippen LogP contribution in [0.25, 0.3) is 0 Å². The van der Waals surface area contributed by atoms with Crippen molar-refractivity contribution in [2.45, 2.75) is 6.42 Å². The molecule has 0 aliphatic carbocycles. The quantitative estimate of drug-likeness (QED) is 0.208. The summed E-state index contributed by atoms with van der Waals surface area (Å²) in [6.07, 6.45) is 1.00. The molecule has 1 aromatic carbocycles. The van der Waals surface area contributed by atoms with E-state index < -0.39 is 0 Å². The van der Waals surface area contributed by atoms with Gasteiger partial charge >= 0.3 is 0 Å². The summed E-state index contributed by atoms with van der Waals surface area (Å²) in [5.74, 6) is 1.44. The third-order valence-electron chi connectivity index (χ3n) is 4.32. The molecule has 0 aromatic heterocycles. The van der Waals surface area contributed by atoms with Gasteiger partial charge in [0.15, 0.2) is 5.96 Å². The molecule has 0 bridgehead atoms. The Morgan fingerprint density at radius 1 is 1.17 bits per heavy atom. The molecule has 29 heavy (non-hydrogen) atoms. The minimum Gasteiger partial charge on any atom is -0.492 e. The summed E-state index contributed by atoms with van der Waals surface area (Å²) in [5, 5.41) is 6.54. The zero-order chi connectivity index (χ0) is 20.0. The Hall–Kier alpha value is -1.59. The molecule has 2 N–H and O–H groups in total. The molecular formula is C20H34IN5O3. The third kappa shape index (κ3) is 11.2. The molecule has 1 saturated heterocycles. The van der Waals surface area contributed by atoms with Gasteiger partial charge < -0.3 is 25.0 Å². The number of morpholine rings is 1. The highest BCUT2D eigenvalue weighted by Crippen LogP contribution is 2.07. The number of ether oxygens (including phenoxy) is 2. The van der Waals surface area contributed by atoms with Crippen LogP contribution in [0.1, 0.15) is 6.42 Å². The molecule has 9 heteroatoms. The van der Waals surface area contributed by atoms with Crippen molar-refractivity contribution in [3.8, 4) is 5.75 Å². The maximum Gasteiger partial charge on any atom is 0.243 e. The fraction of sp³-hybridized carbons (Fsp3) is 0.600. The van der Waals surface area contributed by atoms with E-state index in [1.165, 1.54) is 4.90 Å². The van der Waals surface area contributed by atoms with Gasteiger partial charge in [0, 0.05) is 33.7 Å². The minimum absolute atomic E-state index is 0. The summed E-state index contributed by atoms with van der Waals surface area (Å²) in [7, 11) is 3.46. The van der Waals surface area contributed by atoms with Gasteiger partial charge in [0.1, 0.15) is 18.9 Å². The van der Waals surface area contributed by atoms with Crippen LogP contribution in [0.15, 0.2) is 35.3 Å². The number of hydrogen-bond acceptors (Lipinski definition) is 5. The van der Waals surface area contributed by atoms with Crippen LogP contribution in [0.2, 0.25) is 0 Å². The van der Waals surface area contributed by atoms with Crippen molar-refractivity contribution in [3.63, 3.8) is 0 Å². The second kappa shape index (κ2) is 15.3. The first kappa shape index (κ1) is 25.4. The van der Waals surface area contributed by atoms with Gasteiger partial charge in [-0.1, -0.05) is 18.2 Å². The van der Waals surface area contributed by atoms with Crippen molar-refractivity contribution < 1.29 is 14.3 Å². The van der Waals surface area contributed by atoms with Gasteiger partial charge in [0.25, 0.3) is 0 Å². The second-order valence-corrected chi connectivity index (χ2v) is 6.78. The summed E-state index contributed by atoms with van der Waals surface area (Å²) in [6.45, 7) is 6.66. The maximum absolute atomic E-state index is 11.8. The van der Waals surface area contributed by atoms with Gasteiger partial charge in [-0.15, -0.1) is 24.0 Å². The highest BCUT2D eigenvalue weighted by Gasteiger charge is 2.09. The van der Waals surface area contributed by atoms with Crippen LogP contribution >= 0.6 is 24.0 Å². The molecule has 1 amide bonds. The topological polar surface area (TPSA) is 78.4 Å². The molecule has 1 heterocycles. The number of halogens is 1. The van der Waals surface area contributed by atoms with Crippen LogP contribution in [0.3, 0.4) is 0 Å². The number of guanidine groups is 1. The average molecular weight is 519 g/mol. The number of carbonyl (C=O) groups excluding carboxylic acids is 1. The number of hydrogen-bond donors (Lipinski definition) is 2. The molecule has 1 aromatic rings. The molecule has 1 fully saturated rings. The van der Waals surface area contributed by atoms with Gasteiger partial charge in [0.05, 0.1) is 19.8 Å². The Balaban J connectivity index is 0.00000420. The van der Waals surface area contributed by atoms with Crippen LogP contribution in [-0.4, -0.2) is 94.9 Å². The largest absolute Gasteiger partial charge is 0.492 e. The van der Waals surface area contributed by atoms with E-state index in [4.69, 9.17) is 9.47 Å². The predicted molar refractivity (Wildman–Crippen MR) is 126 cm³/mol. The summed E-state index contributed by atoms with van der Waals surface area (Å²) in [6, 6.07) is 9.69. The average Bonchev–Trinajstić information content (AvgIpc) is 2.73. The van der Waals surface area contributed by atoms with Gasteiger partial charge in [-0.2, -0.15) is 0 Å². The Morgan fingerprint density at radius 2 is 1.86 bits per heavy atom. The van der Waals surface area contributed by atoms with Crippen LogP contribution in [0.4, 0.5) is 0 Å². The standard InChI is InChI=1S/C20H33N5O3.HI/c1-24(2)19(26)17-23-20(21-9-6-11-25-12-15-27-16-13-25)22-10-14-28-18-7-4-3-5-8-18;/h3-5,7-8H,6,9-17H2,1-2H3,(H2,21,22,23);1H. The Bertz CT molecular complexity index is 595. The van der Waals surface area contributed by atoms with Crippen molar-refractivity contribution in [2.75, 3.05) is 73.2 Å². The summed E-state index contributed by atoms with van der Waals surface area (Å²) < 4.78 is 11.1. The molecule has 0 unspecified atom stereocenters. The highest BCUT2D eigenvalue weighted by molar-refractivity contribution is 14.0. The Labute approximate surface area is 191 Å². The molecule has 0 saturated carbocycles. The van der Waals surface area contributed by atoms with Crippen LogP contribution < -0.4 is 15.4 Å². The normalized spacial score (nSPS) is 14.6. The number of nitrogens with one attached hydrogen (secondary N) is 2. The minimum atomic E-state index is -0.0325. The SMILES string of the molecule is CN(C)C(=O)CN=C(NCCCN1CCOCC1)NCCOc1ccccc1.I. The smallest absolute Gasteiger partial charge is 0.243 e. The number of para-hydroxylation sites is 1. The van der Waals surface area contributed by atoms with Crippen molar-refractivity contribution >= 4 is 35.8 Å². The van der Waals surface area contributed by atoms with Gasteiger partial charge in [-0.05, 0) is 25.1 Å². The predicted octanol–water partition coefficient (Wildman–Crippen LogP) is 1.03. The van der Waals surface area contributed by atoms with Crippen molar-refractivity contribution in [2.24, 2.45) is 4.99 Å². The lowest BCUT2D eigenvalue weighted by Gasteiger charge is -2.26. The van der Waals surface area contributed by atoms with Crippen molar-refractivity contribution in [3.05, 3.63) is 30.3 Å². The Kier molecular flexibility index (Phi) is 13.4. The first-order valence-corrected chi connectivity index (χ1v) is 9.85. The summed E-state index contributed by atoms with van der Waals surface area (Å²) in [5.41, 5.74) is 0. The molecule has 2 rings (SSSR count). The van der Waals surface area contributed by atoms with E-state index in [1.807, 2.05) is 30.3 Å². The van der Waals surface area contributed by atoms with Gasteiger partial charge in [-0.3, -0.25) is 9.69 Å². The van der Waals surface area contributed by atoms with E-state index in [9.17, 15) is 4.79 Å².